The molecule has 0 bridgehead atoms. The first kappa shape index (κ1) is 17.0. The lowest BCUT2D eigenvalue weighted by atomic mass is 9.92. The monoisotopic (exact) mass is 331 g/mol. The van der Waals surface area contributed by atoms with Crippen LogP contribution in [-0.4, -0.2) is 34.3 Å². The van der Waals surface area contributed by atoms with Crippen LogP contribution in [-0.2, 0) is 13.0 Å². The summed E-state index contributed by atoms with van der Waals surface area (Å²) in [4.78, 5) is 14.2. The standard InChI is InChI=1S/C19H25NO4/c1-3-13-8-16-15(9-19(23)24-18(16)10-17(13)22)11-20-6-4-14(5-7-20)12(2)21/h8-10,12,14,21-22H,3-7,11H2,1-2H3. The molecule has 1 fully saturated rings. The SMILES string of the molecule is CCc1cc2c(CN3CCC(C(C)O)CC3)cc(=O)oc2cc1O. The Labute approximate surface area is 141 Å². The molecule has 130 valence electrons. The molecule has 0 radical (unpaired) electrons. The van der Waals surface area contributed by atoms with Crippen molar-refractivity contribution in [1.82, 2.24) is 4.90 Å². The van der Waals surface area contributed by atoms with E-state index in [-0.39, 0.29) is 17.5 Å². The lowest BCUT2D eigenvalue weighted by Gasteiger charge is -2.33. The van der Waals surface area contributed by atoms with Crippen LogP contribution in [0.15, 0.2) is 27.4 Å². The zero-order valence-electron chi connectivity index (χ0n) is 14.3. The second kappa shape index (κ2) is 6.95. The number of nitrogens with zero attached hydrogens (tertiary/aromatic N) is 1. The maximum atomic E-state index is 11.9. The maximum absolute atomic E-state index is 11.9. The Kier molecular flexibility index (Phi) is 4.92. The fraction of sp³-hybridized carbons (Fsp3) is 0.526. The molecule has 2 N–H and O–H groups in total. The molecule has 0 amide bonds. The molecule has 1 aromatic heterocycles. The summed E-state index contributed by atoms with van der Waals surface area (Å²) in [6.45, 7) is 6.35. The normalized spacial score (nSPS) is 18.1. The Morgan fingerprint density at radius 1 is 1.25 bits per heavy atom. The molecule has 0 spiro atoms. The fourth-order valence-corrected chi connectivity index (χ4v) is 3.56. The van der Waals surface area contributed by atoms with Crippen molar-refractivity contribution >= 4 is 11.0 Å². The van der Waals surface area contributed by atoms with Gasteiger partial charge >= 0.3 is 5.63 Å². The molecular formula is C19H25NO4. The van der Waals surface area contributed by atoms with Crippen molar-refractivity contribution in [2.75, 3.05) is 13.1 Å². The van der Waals surface area contributed by atoms with Crippen LogP contribution in [0.1, 0.15) is 37.8 Å². The third kappa shape index (κ3) is 3.47. The van der Waals surface area contributed by atoms with E-state index in [1.807, 2.05) is 19.9 Å². The van der Waals surface area contributed by atoms with Gasteiger partial charge in [0.25, 0.3) is 0 Å². The van der Waals surface area contributed by atoms with Crippen molar-refractivity contribution in [1.29, 1.82) is 0 Å². The topological polar surface area (TPSA) is 73.9 Å². The molecule has 24 heavy (non-hydrogen) atoms. The highest BCUT2D eigenvalue weighted by Gasteiger charge is 2.23. The highest BCUT2D eigenvalue weighted by atomic mass is 16.4. The van der Waals surface area contributed by atoms with Crippen LogP contribution in [0, 0.1) is 5.92 Å². The van der Waals surface area contributed by atoms with Gasteiger partial charge in [0, 0.05) is 24.1 Å². The van der Waals surface area contributed by atoms with Crippen molar-refractivity contribution in [2.45, 2.75) is 45.8 Å². The number of phenolic OH excluding ortho intramolecular Hbond substituents is 1. The first-order valence-corrected chi connectivity index (χ1v) is 8.67. The molecule has 3 rings (SSSR count). The molecule has 2 heterocycles. The van der Waals surface area contributed by atoms with Gasteiger partial charge in [-0.2, -0.15) is 0 Å². The third-order valence-electron chi connectivity index (χ3n) is 5.12. The van der Waals surface area contributed by atoms with Crippen LogP contribution in [0.3, 0.4) is 0 Å². The maximum Gasteiger partial charge on any atom is 0.336 e. The minimum Gasteiger partial charge on any atom is -0.508 e. The number of piperidine rings is 1. The van der Waals surface area contributed by atoms with Gasteiger partial charge in [-0.15, -0.1) is 0 Å². The first-order chi connectivity index (χ1) is 11.5. The molecule has 1 unspecified atom stereocenters. The summed E-state index contributed by atoms with van der Waals surface area (Å²) in [5, 5.41) is 20.6. The Morgan fingerprint density at radius 2 is 1.96 bits per heavy atom. The summed E-state index contributed by atoms with van der Waals surface area (Å²) in [6.07, 6.45) is 2.41. The van der Waals surface area contributed by atoms with Gasteiger partial charge in [0.1, 0.15) is 11.3 Å². The summed E-state index contributed by atoms with van der Waals surface area (Å²) < 4.78 is 5.25. The van der Waals surface area contributed by atoms with Gasteiger partial charge in [-0.05, 0) is 62.4 Å². The van der Waals surface area contributed by atoms with E-state index in [0.717, 1.165) is 48.9 Å². The summed E-state index contributed by atoms with van der Waals surface area (Å²) in [5.41, 5.74) is 1.84. The van der Waals surface area contributed by atoms with E-state index in [1.165, 1.54) is 0 Å². The zero-order chi connectivity index (χ0) is 17.3. The molecule has 0 aliphatic carbocycles. The highest BCUT2D eigenvalue weighted by molar-refractivity contribution is 5.82. The second-order valence-corrected chi connectivity index (χ2v) is 6.78. The quantitative estimate of drug-likeness (QED) is 0.843. The van der Waals surface area contributed by atoms with Gasteiger partial charge in [-0.1, -0.05) is 6.92 Å². The van der Waals surface area contributed by atoms with E-state index in [4.69, 9.17) is 4.42 Å². The van der Waals surface area contributed by atoms with E-state index in [2.05, 4.69) is 4.90 Å². The number of fused-ring (bicyclic) bond motifs is 1. The third-order valence-corrected chi connectivity index (χ3v) is 5.12. The minimum atomic E-state index is -0.389. The van der Waals surface area contributed by atoms with Crippen LogP contribution >= 0.6 is 0 Å². The molecule has 1 atom stereocenters. The molecule has 1 saturated heterocycles. The number of likely N-dealkylation sites (tertiary alicyclic amines) is 1. The van der Waals surface area contributed by atoms with Gasteiger partial charge in [-0.25, -0.2) is 4.79 Å². The van der Waals surface area contributed by atoms with E-state index < -0.39 is 0 Å². The molecule has 1 aromatic carbocycles. The van der Waals surface area contributed by atoms with Crippen molar-refractivity contribution < 1.29 is 14.6 Å². The molecule has 5 nitrogen and oxygen atoms in total. The number of phenols is 1. The van der Waals surface area contributed by atoms with E-state index in [0.29, 0.717) is 18.0 Å². The van der Waals surface area contributed by atoms with Crippen LogP contribution in [0.5, 0.6) is 5.75 Å². The Hall–Kier alpha value is -1.85. The van der Waals surface area contributed by atoms with Crippen LogP contribution in [0.2, 0.25) is 0 Å². The number of aliphatic hydroxyl groups is 1. The Bertz CT molecular complexity index is 773. The average Bonchev–Trinajstić information content (AvgIpc) is 2.54. The van der Waals surface area contributed by atoms with Gasteiger partial charge in [0.15, 0.2) is 0 Å². The molecular weight excluding hydrogens is 306 g/mol. The Balaban J connectivity index is 1.88. The number of aliphatic hydroxyl groups excluding tert-OH is 1. The van der Waals surface area contributed by atoms with E-state index in [9.17, 15) is 15.0 Å². The second-order valence-electron chi connectivity index (χ2n) is 6.78. The van der Waals surface area contributed by atoms with Gasteiger partial charge < -0.3 is 14.6 Å². The van der Waals surface area contributed by atoms with Crippen LogP contribution < -0.4 is 5.63 Å². The summed E-state index contributed by atoms with van der Waals surface area (Å²) in [5.74, 6) is 0.533. The highest BCUT2D eigenvalue weighted by Crippen LogP contribution is 2.28. The van der Waals surface area contributed by atoms with Crippen molar-refractivity contribution in [2.24, 2.45) is 5.92 Å². The number of benzene rings is 1. The van der Waals surface area contributed by atoms with Gasteiger partial charge in [0.05, 0.1) is 6.10 Å². The summed E-state index contributed by atoms with van der Waals surface area (Å²) in [7, 11) is 0. The van der Waals surface area contributed by atoms with Crippen molar-refractivity contribution in [3.05, 3.63) is 39.7 Å². The number of hydrogen-bond donors (Lipinski definition) is 2. The number of aromatic hydroxyl groups is 1. The van der Waals surface area contributed by atoms with Crippen molar-refractivity contribution in [3.63, 3.8) is 0 Å². The van der Waals surface area contributed by atoms with E-state index >= 15 is 0 Å². The number of aryl methyl sites for hydroxylation is 1. The predicted molar refractivity (Wildman–Crippen MR) is 93.2 cm³/mol. The lowest BCUT2D eigenvalue weighted by molar-refractivity contribution is 0.0696. The average molecular weight is 331 g/mol. The number of hydrogen-bond acceptors (Lipinski definition) is 5. The lowest BCUT2D eigenvalue weighted by Crippen LogP contribution is -2.36. The molecule has 5 heteroatoms. The zero-order valence-corrected chi connectivity index (χ0v) is 14.3. The molecule has 2 aromatic rings. The van der Waals surface area contributed by atoms with Crippen LogP contribution in [0.4, 0.5) is 0 Å². The minimum absolute atomic E-state index is 0.169. The van der Waals surface area contributed by atoms with Crippen LogP contribution in [0.25, 0.3) is 11.0 Å². The number of rotatable bonds is 4. The Morgan fingerprint density at radius 3 is 2.58 bits per heavy atom. The molecule has 1 aliphatic heterocycles. The first-order valence-electron chi connectivity index (χ1n) is 8.67. The predicted octanol–water partition coefficient (Wildman–Crippen LogP) is 2.65. The molecule has 0 saturated carbocycles. The molecule has 1 aliphatic rings. The largest absolute Gasteiger partial charge is 0.508 e. The smallest absolute Gasteiger partial charge is 0.336 e. The summed E-state index contributed by atoms with van der Waals surface area (Å²) >= 11 is 0. The van der Waals surface area contributed by atoms with Gasteiger partial charge in [0.2, 0.25) is 0 Å². The fourth-order valence-electron chi connectivity index (χ4n) is 3.56. The van der Waals surface area contributed by atoms with Crippen molar-refractivity contribution in [3.8, 4) is 5.75 Å². The van der Waals surface area contributed by atoms with Gasteiger partial charge in [-0.3, -0.25) is 4.90 Å². The summed E-state index contributed by atoms with van der Waals surface area (Å²) in [6, 6.07) is 5.02. The van der Waals surface area contributed by atoms with E-state index in [1.54, 1.807) is 12.1 Å².